The van der Waals surface area contributed by atoms with Crippen LogP contribution in [0.4, 0.5) is 4.39 Å². The zero-order valence-electron chi connectivity index (χ0n) is 6.70. The molecule has 62 valence electrons. The Morgan fingerprint density at radius 1 is 1.50 bits per heavy atom. The maximum absolute atomic E-state index is 13.0. The summed E-state index contributed by atoms with van der Waals surface area (Å²) in [6.45, 7) is 1.70. The van der Waals surface area contributed by atoms with Crippen molar-refractivity contribution in [2.75, 3.05) is 0 Å². The molecule has 0 N–H and O–H groups in total. The van der Waals surface area contributed by atoms with Gasteiger partial charge in [-0.15, -0.1) is 5.92 Å². The quantitative estimate of drug-likeness (QED) is 0.419. The predicted molar refractivity (Wildman–Crippen MR) is 56.7 cm³/mol. The third-order valence-electron chi connectivity index (χ3n) is 1.44. The van der Waals surface area contributed by atoms with Crippen molar-refractivity contribution in [3.63, 3.8) is 0 Å². The number of hydrogen-bond acceptors (Lipinski definition) is 0. The first kappa shape index (κ1) is 9.53. The largest absolute Gasteiger partial charge is 0.206 e. The zero-order valence-corrected chi connectivity index (χ0v) is 8.85. The van der Waals surface area contributed by atoms with Crippen LogP contribution in [-0.2, 0) is 4.43 Å². The molecule has 0 aromatic heterocycles. The fraction of sp³-hybridized carbons (Fsp3) is 0.200. The molecule has 0 heterocycles. The first-order valence-corrected chi connectivity index (χ1v) is 5.07. The maximum Gasteiger partial charge on any atom is 0.138 e. The van der Waals surface area contributed by atoms with Gasteiger partial charge in [0.1, 0.15) is 5.82 Å². The van der Waals surface area contributed by atoms with Crippen LogP contribution in [0.3, 0.4) is 0 Å². The molecule has 0 aliphatic carbocycles. The van der Waals surface area contributed by atoms with E-state index in [1.54, 1.807) is 19.1 Å². The number of alkyl halides is 1. The monoisotopic (exact) mass is 274 g/mol. The summed E-state index contributed by atoms with van der Waals surface area (Å²) < 4.78 is 13.9. The average Bonchev–Trinajstić information content (AvgIpc) is 2.09. The lowest BCUT2D eigenvalue weighted by atomic mass is 10.1. The molecule has 0 saturated heterocycles. The van der Waals surface area contributed by atoms with E-state index in [-0.39, 0.29) is 5.82 Å². The third kappa shape index (κ3) is 2.21. The Bertz CT molecular complexity index is 333. The highest BCUT2D eigenvalue weighted by Gasteiger charge is 1.99. The van der Waals surface area contributed by atoms with E-state index in [0.717, 1.165) is 9.99 Å². The Morgan fingerprint density at radius 2 is 2.25 bits per heavy atom. The molecule has 0 saturated carbocycles. The van der Waals surface area contributed by atoms with Gasteiger partial charge in [-0.25, -0.2) is 4.39 Å². The zero-order chi connectivity index (χ0) is 8.97. The van der Waals surface area contributed by atoms with Crippen molar-refractivity contribution in [2.45, 2.75) is 11.4 Å². The Hall–Kier alpha value is -0.560. The molecule has 0 aliphatic heterocycles. The highest BCUT2D eigenvalue weighted by molar-refractivity contribution is 14.1. The van der Waals surface area contributed by atoms with E-state index < -0.39 is 0 Å². The first-order chi connectivity index (χ1) is 5.77. The van der Waals surface area contributed by atoms with Gasteiger partial charge in [0, 0.05) is 4.43 Å². The van der Waals surface area contributed by atoms with Gasteiger partial charge in [0.25, 0.3) is 0 Å². The standard InChI is InChI=1S/C10H8FI/c1-2-3-9-6-8(7-12)4-5-10(9)11/h4-6H,7H2,1H3. The SMILES string of the molecule is CC#Cc1cc(CI)ccc1F. The Kier molecular flexibility index (Phi) is 3.54. The van der Waals surface area contributed by atoms with Crippen molar-refractivity contribution in [1.29, 1.82) is 0 Å². The summed E-state index contributed by atoms with van der Waals surface area (Å²) in [5, 5.41) is 0. The van der Waals surface area contributed by atoms with Gasteiger partial charge in [0.05, 0.1) is 5.56 Å². The van der Waals surface area contributed by atoms with E-state index in [1.165, 1.54) is 6.07 Å². The van der Waals surface area contributed by atoms with Crippen LogP contribution in [0.25, 0.3) is 0 Å². The van der Waals surface area contributed by atoms with E-state index in [0.29, 0.717) is 5.56 Å². The van der Waals surface area contributed by atoms with Gasteiger partial charge in [-0.05, 0) is 24.6 Å². The van der Waals surface area contributed by atoms with Crippen LogP contribution in [0.15, 0.2) is 18.2 Å². The summed E-state index contributed by atoms with van der Waals surface area (Å²) in [4.78, 5) is 0. The van der Waals surface area contributed by atoms with E-state index in [2.05, 4.69) is 34.4 Å². The van der Waals surface area contributed by atoms with Crippen LogP contribution in [0, 0.1) is 17.7 Å². The summed E-state index contributed by atoms with van der Waals surface area (Å²) in [6.07, 6.45) is 0. The van der Waals surface area contributed by atoms with Crippen LogP contribution >= 0.6 is 22.6 Å². The molecular formula is C10H8FI. The molecule has 0 spiro atoms. The second-order valence-corrected chi connectivity index (χ2v) is 3.09. The highest BCUT2D eigenvalue weighted by Crippen LogP contribution is 2.12. The fourth-order valence-corrected chi connectivity index (χ4v) is 1.36. The average molecular weight is 274 g/mol. The Morgan fingerprint density at radius 3 is 2.83 bits per heavy atom. The van der Waals surface area contributed by atoms with Crippen molar-refractivity contribution >= 4 is 22.6 Å². The summed E-state index contributed by atoms with van der Waals surface area (Å²) in [6, 6.07) is 5.04. The maximum atomic E-state index is 13.0. The van der Waals surface area contributed by atoms with Crippen molar-refractivity contribution in [1.82, 2.24) is 0 Å². The number of benzene rings is 1. The van der Waals surface area contributed by atoms with Crippen LogP contribution < -0.4 is 0 Å². The predicted octanol–water partition coefficient (Wildman–Crippen LogP) is 3.13. The minimum absolute atomic E-state index is 0.238. The lowest BCUT2D eigenvalue weighted by Gasteiger charge is -1.97. The Balaban J connectivity index is 3.14. The van der Waals surface area contributed by atoms with Crippen LogP contribution in [-0.4, -0.2) is 0 Å². The highest BCUT2D eigenvalue weighted by atomic mass is 127. The normalized spacial score (nSPS) is 8.92. The van der Waals surface area contributed by atoms with E-state index in [9.17, 15) is 4.39 Å². The molecule has 0 radical (unpaired) electrons. The van der Waals surface area contributed by atoms with Gasteiger partial charge in [-0.2, -0.15) is 0 Å². The third-order valence-corrected chi connectivity index (χ3v) is 2.33. The molecule has 0 nitrogen and oxygen atoms in total. The molecule has 0 amide bonds. The minimum Gasteiger partial charge on any atom is -0.206 e. The molecule has 0 bridgehead atoms. The van der Waals surface area contributed by atoms with Crippen LogP contribution in [0.2, 0.25) is 0 Å². The van der Waals surface area contributed by atoms with Gasteiger partial charge in [0.2, 0.25) is 0 Å². The van der Waals surface area contributed by atoms with Gasteiger partial charge in [-0.3, -0.25) is 0 Å². The topological polar surface area (TPSA) is 0 Å². The number of halogens is 2. The Labute approximate surface area is 85.3 Å². The summed E-state index contributed by atoms with van der Waals surface area (Å²) in [5.41, 5.74) is 1.60. The first-order valence-electron chi connectivity index (χ1n) is 3.55. The van der Waals surface area contributed by atoms with Crippen molar-refractivity contribution in [2.24, 2.45) is 0 Å². The van der Waals surface area contributed by atoms with Gasteiger partial charge in [-0.1, -0.05) is 34.6 Å². The molecular weight excluding hydrogens is 266 g/mol. The molecule has 1 aromatic rings. The minimum atomic E-state index is -0.238. The van der Waals surface area contributed by atoms with Crippen molar-refractivity contribution in [3.8, 4) is 11.8 Å². The molecule has 1 rings (SSSR count). The van der Waals surface area contributed by atoms with E-state index in [1.807, 2.05) is 0 Å². The molecule has 0 unspecified atom stereocenters. The van der Waals surface area contributed by atoms with Gasteiger partial charge >= 0.3 is 0 Å². The van der Waals surface area contributed by atoms with E-state index >= 15 is 0 Å². The second-order valence-electron chi connectivity index (χ2n) is 2.32. The van der Waals surface area contributed by atoms with Gasteiger partial charge < -0.3 is 0 Å². The molecule has 0 aliphatic rings. The smallest absolute Gasteiger partial charge is 0.138 e. The lowest BCUT2D eigenvalue weighted by Crippen LogP contribution is -1.85. The molecule has 0 fully saturated rings. The molecule has 2 heteroatoms. The fourth-order valence-electron chi connectivity index (χ4n) is 0.886. The van der Waals surface area contributed by atoms with Crippen molar-refractivity contribution in [3.05, 3.63) is 35.1 Å². The number of rotatable bonds is 1. The summed E-state index contributed by atoms with van der Waals surface area (Å²) >= 11 is 2.24. The van der Waals surface area contributed by atoms with E-state index in [4.69, 9.17) is 0 Å². The van der Waals surface area contributed by atoms with Crippen LogP contribution in [0.5, 0.6) is 0 Å². The lowest BCUT2D eigenvalue weighted by molar-refractivity contribution is 0.624. The summed E-state index contributed by atoms with van der Waals surface area (Å²) in [7, 11) is 0. The van der Waals surface area contributed by atoms with Crippen LogP contribution in [0.1, 0.15) is 18.1 Å². The molecule has 0 atom stereocenters. The molecule has 1 aromatic carbocycles. The van der Waals surface area contributed by atoms with Gasteiger partial charge in [0.15, 0.2) is 0 Å². The number of hydrogen-bond donors (Lipinski definition) is 0. The summed E-state index contributed by atoms with van der Waals surface area (Å²) in [5.74, 6) is 5.17. The van der Waals surface area contributed by atoms with Crippen molar-refractivity contribution < 1.29 is 4.39 Å². The molecule has 12 heavy (non-hydrogen) atoms. The second kappa shape index (κ2) is 4.46.